The van der Waals surface area contributed by atoms with Crippen molar-refractivity contribution >= 4 is 11.6 Å². The second-order valence-electron chi connectivity index (χ2n) is 7.17. The maximum Gasteiger partial charge on any atom is 0.257 e. The lowest BCUT2D eigenvalue weighted by Gasteiger charge is -2.13. The average molecular weight is 421 g/mol. The quantitative estimate of drug-likeness (QED) is 0.501. The van der Waals surface area contributed by atoms with Gasteiger partial charge in [0, 0.05) is 30.5 Å². The SMILES string of the molecule is CCOC(C)Cc1ccc(C(=O)Nc2ccc(Oc3cccc(OC)c3)cc2)c(C)n1. The topological polar surface area (TPSA) is 69.7 Å². The van der Waals surface area contributed by atoms with Gasteiger partial charge in [0.15, 0.2) is 0 Å². The number of nitrogens with one attached hydrogen (secondary N) is 1. The molecule has 0 fully saturated rings. The Labute approximate surface area is 183 Å². The number of amides is 1. The number of hydrogen-bond donors (Lipinski definition) is 1. The summed E-state index contributed by atoms with van der Waals surface area (Å²) in [7, 11) is 1.61. The third kappa shape index (κ3) is 6.30. The summed E-state index contributed by atoms with van der Waals surface area (Å²) in [5, 5.41) is 2.91. The zero-order chi connectivity index (χ0) is 22.2. The number of carbonyl (C=O) groups is 1. The molecule has 6 nitrogen and oxygen atoms in total. The van der Waals surface area contributed by atoms with Crippen LogP contribution in [0.2, 0.25) is 0 Å². The van der Waals surface area contributed by atoms with E-state index >= 15 is 0 Å². The van der Waals surface area contributed by atoms with Gasteiger partial charge in [0.05, 0.1) is 24.5 Å². The van der Waals surface area contributed by atoms with Crippen LogP contribution in [-0.4, -0.2) is 30.7 Å². The summed E-state index contributed by atoms with van der Waals surface area (Å²) in [5.41, 5.74) is 2.83. The van der Waals surface area contributed by atoms with E-state index in [2.05, 4.69) is 10.3 Å². The van der Waals surface area contributed by atoms with E-state index in [0.717, 1.165) is 11.4 Å². The highest BCUT2D eigenvalue weighted by Crippen LogP contribution is 2.26. The predicted molar refractivity (Wildman–Crippen MR) is 121 cm³/mol. The largest absolute Gasteiger partial charge is 0.497 e. The third-order valence-electron chi connectivity index (χ3n) is 4.72. The molecule has 0 spiro atoms. The van der Waals surface area contributed by atoms with Crippen LogP contribution in [0.5, 0.6) is 17.2 Å². The summed E-state index contributed by atoms with van der Waals surface area (Å²) >= 11 is 0. The van der Waals surface area contributed by atoms with Crippen molar-refractivity contribution in [3.63, 3.8) is 0 Å². The summed E-state index contributed by atoms with van der Waals surface area (Å²) < 4.78 is 16.6. The molecule has 0 aliphatic rings. The number of carbonyl (C=O) groups excluding carboxylic acids is 1. The molecule has 0 aliphatic carbocycles. The number of anilines is 1. The molecule has 0 aliphatic heterocycles. The Morgan fingerprint density at radius 1 is 1.03 bits per heavy atom. The molecule has 3 rings (SSSR count). The van der Waals surface area contributed by atoms with Gasteiger partial charge in [0.2, 0.25) is 0 Å². The van der Waals surface area contributed by atoms with Gasteiger partial charge >= 0.3 is 0 Å². The van der Waals surface area contributed by atoms with Gasteiger partial charge in [-0.2, -0.15) is 0 Å². The van der Waals surface area contributed by atoms with Crippen LogP contribution in [0.25, 0.3) is 0 Å². The van der Waals surface area contributed by atoms with E-state index in [1.54, 1.807) is 31.4 Å². The molecule has 6 heteroatoms. The lowest BCUT2D eigenvalue weighted by Crippen LogP contribution is -2.16. The minimum absolute atomic E-state index is 0.0919. The minimum atomic E-state index is -0.198. The molecule has 31 heavy (non-hydrogen) atoms. The van der Waals surface area contributed by atoms with Crippen LogP contribution in [0, 0.1) is 6.92 Å². The van der Waals surface area contributed by atoms with E-state index in [1.807, 2.05) is 57.2 Å². The molecule has 0 saturated carbocycles. The minimum Gasteiger partial charge on any atom is -0.497 e. The molecule has 0 radical (unpaired) electrons. The highest BCUT2D eigenvalue weighted by molar-refractivity contribution is 6.05. The van der Waals surface area contributed by atoms with E-state index < -0.39 is 0 Å². The smallest absolute Gasteiger partial charge is 0.257 e. The second kappa shape index (κ2) is 10.6. The maximum absolute atomic E-state index is 12.7. The van der Waals surface area contributed by atoms with Crippen LogP contribution in [0.3, 0.4) is 0 Å². The first-order valence-corrected chi connectivity index (χ1v) is 10.3. The molecule has 1 atom stereocenters. The van der Waals surface area contributed by atoms with Crippen molar-refractivity contribution in [2.24, 2.45) is 0 Å². The van der Waals surface area contributed by atoms with Crippen LogP contribution in [-0.2, 0) is 11.2 Å². The van der Waals surface area contributed by atoms with Gasteiger partial charge in [0.1, 0.15) is 17.2 Å². The molecule has 3 aromatic rings. The number of rotatable bonds is 9. The van der Waals surface area contributed by atoms with Gasteiger partial charge in [-0.15, -0.1) is 0 Å². The van der Waals surface area contributed by atoms with Gasteiger partial charge in [-0.05, 0) is 69.3 Å². The number of aromatic nitrogens is 1. The number of benzene rings is 2. The summed E-state index contributed by atoms with van der Waals surface area (Å²) in [6.07, 6.45) is 0.806. The van der Waals surface area contributed by atoms with Crippen molar-refractivity contribution in [3.8, 4) is 17.2 Å². The summed E-state index contributed by atoms with van der Waals surface area (Å²) in [6.45, 7) is 6.50. The summed E-state index contributed by atoms with van der Waals surface area (Å²) in [5.74, 6) is 1.87. The highest BCUT2D eigenvalue weighted by Gasteiger charge is 2.13. The number of ether oxygens (including phenoxy) is 3. The molecule has 1 N–H and O–H groups in total. The summed E-state index contributed by atoms with van der Waals surface area (Å²) in [6, 6.07) is 18.3. The van der Waals surface area contributed by atoms with Gasteiger partial charge in [0.25, 0.3) is 5.91 Å². The van der Waals surface area contributed by atoms with Crippen molar-refractivity contribution < 1.29 is 19.0 Å². The van der Waals surface area contributed by atoms with Crippen LogP contribution < -0.4 is 14.8 Å². The second-order valence-corrected chi connectivity index (χ2v) is 7.17. The average Bonchev–Trinajstić information content (AvgIpc) is 2.75. The standard InChI is InChI=1S/C25H28N2O4/c1-5-30-17(2)15-20-11-14-24(18(3)26-20)25(28)27-19-9-12-21(13-10-19)31-23-8-6-7-22(16-23)29-4/h6-14,16-17H,5,15H2,1-4H3,(H,27,28). The van der Waals surface area contributed by atoms with Crippen LogP contribution in [0.15, 0.2) is 60.7 Å². The fourth-order valence-electron chi connectivity index (χ4n) is 3.21. The predicted octanol–water partition coefficient (Wildman–Crippen LogP) is 5.41. The van der Waals surface area contributed by atoms with Crippen LogP contribution in [0.1, 0.15) is 35.6 Å². The maximum atomic E-state index is 12.7. The van der Waals surface area contributed by atoms with E-state index in [-0.39, 0.29) is 12.0 Å². The zero-order valence-corrected chi connectivity index (χ0v) is 18.3. The van der Waals surface area contributed by atoms with E-state index in [1.165, 1.54) is 0 Å². The highest BCUT2D eigenvalue weighted by atomic mass is 16.5. The van der Waals surface area contributed by atoms with Gasteiger partial charge in [-0.1, -0.05) is 6.07 Å². The van der Waals surface area contributed by atoms with Crippen molar-refractivity contribution in [1.29, 1.82) is 0 Å². The molecular weight excluding hydrogens is 392 g/mol. The fraction of sp³-hybridized carbons (Fsp3) is 0.280. The van der Waals surface area contributed by atoms with Gasteiger partial charge in [-0.3, -0.25) is 9.78 Å². The fourth-order valence-corrected chi connectivity index (χ4v) is 3.21. The van der Waals surface area contributed by atoms with Crippen LogP contribution >= 0.6 is 0 Å². The lowest BCUT2D eigenvalue weighted by atomic mass is 10.1. The number of aryl methyl sites for hydroxylation is 1. The van der Waals surface area contributed by atoms with Crippen molar-refractivity contribution in [1.82, 2.24) is 4.98 Å². The van der Waals surface area contributed by atoms with E-state index in [4.69, 9.17) is 14.2 Å². The van der Waals surface area contributed by atoms with Crippen molar-refractivity contribution in [3.05, 3.63) is 77.6 Å². The molecule has 1 unspecified atom stereocenters. The van der Waals surface area contributed by atoms with Gasteiger partial charge < -0.3 is 19.5 Å². The van der Waals surface area contributed by atoms with Crippen LogP contribution in [0.4, 0.5) is 5.69 Å². The number of pyridine rings is 1. The Hall–Kier alpha value is -3.38. The first kappa shape index (κ1) is 22.3. The first-order chi connectivity index (χ1) is 15.0. The third-order valence-corrected chi connectivity index (χ3v) is 4.72. The number of nitrogens with zero attached hydrogens (tertiary/aromatic N) is 1. The van der Waals surface area contributed by atoms with E-state index in [0.29, 0.717) is 41.5 Å². The molecule has 2 aromatic carbocycles. The summed E-state index contributed by atoms with van der Waals surface area (Å²) in [4.78, 5) is 17.3. The molecular formula is C25H28N2O4. The normalized spacial score (nSPS) is 11.6. The Kier molecular flexibility index (Phi) is 7.62. The Balaban J connectivity index is 1.62. The van der Waals surface area contributed by atoms with Gasteiger partial charge in [-0.25, -0.2) is 0 Å². The molecule has 1 heterocycles. The monoisotopic (exact) mass is 420 g/mol. The Bertz CT molecular complexity index is 1020. The molecule has 162 valence electrons. The number of hydrogen-bond acceptors (Lipinski definition) is 5. The lowest BCUT2D eigenvalue weighted by molar-refractivity contribution is 0.0761. The van der Waals surface area contributed by atoms with Crippen molar-refractivity contribution in [2.45, 2.75) is 33.3 Å². The zero-order valence-electron chi connectivity index (χ0n) is 18.3. The molecule has 0 bridgehead atoms. The number of methoxy groups -OCH3 is 1. The molecule has 0 saturated heterocycles. The molecule has 1 amide bonds. The Morgan fingerprint density at radius 2 is 1.77 bits per heavy atom. The van der Waals surface area contributed by atoms with E-state index in [9.17, 15) is 4.79 Å². The Morgan fingerprint density at radius 3 is 2.45 bits per heavy atom. The molecule has 1 aromatic heterocycles. The first-order valence-electron chi connectivity index (χ1n) is 10.3. The van der Waals surface area contributed by atoms with Crippen molar-refractivity contribution in [2.75, 3.05) is 19.0 Å².